The molecule has 0 aliphatic carbocycles. The molecule has 0 bridgehead atoms. The molecule has 1 atom stereocenters. The predicted octanol–water partition coefficient (Wildman–Crippen LogP) is 2.04. The molecule has 1 aromatic carbocycles. The van der Waals surface area contributed by atoms with Crippen molar-refractivity contribution in [3.05, 3.63) is 34.6 Å². The summed E-state index contributed by atoms with van der Waals surface area (Å²) in [5, 5.41) is 3.13. The molecular weight excluding hydrogens is 333 g/mol. The van der Waals surface area contributed by atoms with E-state index in [1.54, 1.807) is 18.0 Å². The molecule has 5 nitrogen and oxygen atoms in total. The number of hydrogen-bond donors (Lipinski definition) is 1. The zero-order valence-electron chi connectivity index (χ0n) is 14.2. The molecule has 1 aromatic rings. The highest BCUT2D eigenvalue weighted by molar-refractivity contribution is 6.31. The van der Waals surface area contributed by atoms with Crippen LogP contribution in [0.3, 0.4) is 0 Å². The number of rotatable bonds is 5. The lowest BCUT2D eigenvalue weighted by Gasteiger charge is -2.36. The van der Waals surface area contributed by atoms with Crippen LogP contribution in [0.1, 0.15) is 25.8 Å². The Kier molecular flexibility index (Phi) is 6.18. The summed E-state index contributed by atoms with van der Waals surface area (Å²) in [5.41, 5.74) is 0.738. The number of nitrogens with one attached hydrogen (secondary N) is 1. The SMILES string of the molecule is CC(C)N(C)C(=O)C[C@H]1C(=O)NCCN1Cc1ccc(F)cc1Cl. The van der Waals surface area contributed by atoms with Crippen molar-refractivity contribution in [2.24, 2.45) is 0 Å². The summed E-state index contributed by atoms with van der Waals surface area (Å²) < 4.78 is 13.2. The minimum atomic E-state index is -0.548. The molecule has 24 heavy (non-hydrogen) atoms. The van der Waals surface area contributed by atoms with Crippen LogP contribution in [0.4, 0.5) is 4.39 Å². The standard InChI is InChI=1S/C17H23ClFN3O2/c1-11(2)21(3)16(23)9-15-17(24)20-6-7-22(15)10-12-4-5-13(19)8-14(12)18/h4-5,8,11,15H,6-7,9-10H2,1-3H3,(H,20,24)/t15-/m0/s1. The summed E-state index contributed by atoms with van der Waals surface area (Å²) >= 11 is 6.09. The number of amides is 2. The fourth-order valence-electron chi connectivity index (χ4n) is 2.64. The zero-order chi connectivity index (χ0) is 17.9. The van der Waals surface area contributed by atoms with E-state index in [9.17, 15) is 14.0 Å². The lowest BCUT2D eigenvalue weighted by Crippen LogP contribution is -2.56. The van der Waals surface area contributed by atoms with Crippen LogP contribution in [0.15, 0.2) is 18.2 Å². The van der Waals surface area contributed by atoms with E-state index in [4.69, 9.17) is 11.6 Å². The molecule has 1 heterocycles. The van der Waals surface area contributed by atoms with Gasteiger partial charge in [-0.2, -0.15) is 0 Å². The molecule has 1 aliphatic rings. The summed E-state index contributed by atoms with van der Waals surface area (Å²) in [4.78, 5) is 28.1. The normalized spacial score (nSPS) is 18.6. The van der Waals surface area contributed by atoms with E-state index >= 15 is 0 Å². The van der Waals surface area contributed by atoms with Crippen LogP contribution in [0.2, 0.25) is 5.02 Å². The summed E-state index contributed by atoms with van der Waals surface area (Å²) in [6.07, 6.45) is 0.110. The number of benzene rings is 1. The molecule has 0 saturated carbocycles. The topological polar surface area (TPSA) is 52.7 Å². The van der Waals surface area contributed by atoms with Gasteiger partial charge in [-0.25, -0.2) is 4.39 Å². The van der Waals surface area contributed by atoms with Gasteiger partial charge in [0.2, 0.25) is 11.8 Å². The van der Waals surface area contributed by atoms with E-state index in [2.05, 4.69) is 5.32 Å². The van der Waals surface area contributed by atoms with Gasteiger partial charge in [-0.05, 0) is 31.5 Å². The maximum Gasteiger partial charge on any atom is 0.237 e. The summed E-state index contributed by atoms with van der Waals surface area (Å²) in [6, 6.07) is 3.74. The summed E-state index contributed by atoms with van der Waals surface area (Å²) in [7, 11) is 1.73. The van der Waals surface area contributed by atoms with E-state index in [-0.39, 0.29) is 24.3 Å². The first-order chi connectivity index (χ1) is 11.3. The van der Waals surface area contributed by atoms with E-state index in [0.29, 0.717) is 24.7 Å². The zero-order valence-corrected chi connectivity index (χ0v) is 14.9. The van der Waals surface area contributed by atoms with E-state index in [1.807, 2.05) is 18.7 Å². The Bertz CT molecular complexity index is 624. The van der Waals surface area contributed by atoms with Gasteiger partial charge in [-0.15, -0.1) is 0 Å². The van der Waals surface area contributed by atoms with Gasteiger partial charge in [-0.1, -0.05) is 17.7 Å². The first-order valence-corrected chi connectivity index (χ1v) is 8.38. The third kappa shape index (κ3) is 4.45. The largest absolute Gasteiger partial charge is 0.353 e. The van der Waals surface area contributed by atoms with Crippen LogP contribution >= 0.6 is 11.6 Å². The van der Waals surface area contributed by atoms with Crippen molar-refractivity contribution in [3.8, 4) is 0 Å². The van der Waals surface area contributed by atoms with Crippen molar-refractivity contribution in [2.75, 3.05) is 20.1 Å². The van der Waals surface area contributed by atoms with Crippen molar-refractivity contribution < 1.29 is 14.0 Å². The van der Waals surface area contributed by atoms with Crippen molar-refractivity contribution in [1.82, 2.24) is 15.1 Å². The highest BCUT2D eigenvalue weighted by Gasteiger charge is 2.33. The van der Waals surface area contributed by atoms with Crippen molar-refractivity contribution in [3.63, 3.8) is 0 Å². The quantitative estimate of drug-likeness (QED) is 0.879. The van der Waals surface area contributed by atoms with Gasteiger partial charge in [-0.3, -0.25) is 14.5 Å². The van der Waals surface area contributed by atoms with Crippen LogP contribution in [0, 0.1) is 5.82 Å². The van der Waals surface area contributed by atoms with Crippen LogP contribution in [-0.2, 0) is 16.1 Å². The average molecular weight is 356 g/mol. The minimum Gasteiger partial charge on any atom is -0.353 e. The second kappa shape index (κ2) is 7.94. The molecular formula is C17H23ClFN3O2. The average Bonchev–Trinajstić information content (AvgIpc) is 2.52. The van der Waals surface area contributed by atoms with Crippen molar-refractivity contribution in [1.29, 1.82) is 0 Å². The number of carbonyl (C=O) groups excluding carboxylic acids is 2. The number of piperazine rings is 1. The third-order valence-corrected chi connectivity index (χ3v) is 4.72. The Labute approximate surface area is 146 Å². The van der Waals surface area contributed by atoms with Crippen molar-refractivity contribution in [2.45, 2.75) is 38.9 Å². The van der Waals surface area contributed by atoms with Crippen LogP contribution in [-0.4, -0.2) is 53.8 Å². The first kappa shape index (κ1) is 18.7. The molecule has 1 N–H and O–H groups in total. The Hall–Kier alpha value is -1.66. The first-order valence-electron chi connectivity index (χ1n) is 8.01. The molecule has 2 amide bonds. The fraction of sp³-hybridized carbons (Fsp3) is 0.529. The smallest absolute Gasteiger partial charge is 0.237 e. The molecule has 1 fully saturated rings. The Balaban J connectivity index is 2.13. The minimum absolute atomic E-state index is 0.0733. The van der Waals surface area contributed by atoms with Crippen molar-refractivity contribution >= 4 is 23.4 Å². The van der Waals surface area contributed by atoms with E-state index in [0.717, 1.165) is 5.56 Å². The lowest BCUT2D eigenvalue weighted by atomic mass is 10.1. The van der Waals surface area contributed by atoms with Gasteiger partial charge in [0.15, 0.2) is 0 Å². The molecule has 2 rings (SSSR count). The van der Waals surface area contributed by atoms with Crippen LogP contribution < -0.4 is 5.32 Å². The van der Waals surface area contributed by atoms with Gasteiger partial charge in [0.25, 0.3) is 0 Å². The number of halogens is 2. The Morgan fingerprint density at radius 3 is 2.83 bits per heavy atom. The molecule has 0 radical (unpaired) electrons. The maximum atomic E-state index is 13.2. The predicted molar refractivity (Wildman–Crippen MR) is 91.1 cm³/mol. The van der Waals surface area contributed by atoms with Gasteiger partial charge in [0, 0.05) is 37.7 Å². The lowest BCUT2D eigenvalue weighted by molar-refractivity contribution is -0.139. The van der Waals surface area contributed by atoms with Gasteiger partial charge in [0.1, 0.15) is 5.82 Å². The molecule has 7 heteroatoms. The summed E-state index contributed by atoms with van der Waals surface area (Å²) in [6.45, 7) is 5.38. The molecule has 0 spiro atoms. The molecule has 0 unspecified atom stereocenters. The number of carbonyl (C=O) groups is 2. The Morgan fingerprint density at radius 2 is 2.21 bits per heavy atom. The van der Waals surface area contributed by atoms with E-state index < -0.39 is 11.9 Å². The van der Waals surface area contributed by atoms with Crippen LogP contribution in [0.25, 0.3) is 0 Å². The second-order valence-electron chi connectivity index (χ2n) is 6.32. The highest BCUT2D eigenvalue weighted by atomic mass is 35.5. The second-order valence-corrected chi connectivity index (χ2v) is 6.72. The van der Waals surface area contributed by atoms with Gasteiger partial charge < -0.3 is 10.2 Å². The monoisotopic (exact) mass is 355 g/mol. The Morgan fingerprint density at radius 1 is 1.50 bits per heavy atom. The maximum absolute atomic E-state index is 13.2. The molecule has 132 valence electrons. The molecule has 1 saturated heterocycles. The molecule has 0 aromatic heterocycles. The number of hydrogen-bond acceptors (Lipinski definition) is 3. The summed E-state index contributed by atoms with van der Waals surface area (Å²) in [5.74, 6) is -0.641. The van der Waals surface area contributed by atoms with Gasteiger partial charge >= 0.3 is 0 Å². The van der Waals surface area contributed by atoms with Gasteiger partial charge in [0.05, 0.1) is 12.5 Å². The molecule has 1 aliphatic heterocycles. The highest BCUT2D eigenvalue weighted by Crippen LogP contribution is 2.22. The van der Waals surface area contributed by atoms with E-state index in [1.165, 1.54) is 12.1 Å². The fourth-order valence-corrected chi connectivity index (χ4v) is 2.87. The van der Waals surface area contributed by atoms with Crippen LogP contribution in [0.5, 0.6) is 0 Å². The number of nitrogens with zero attached hydrogens (tertiary/aromatic N) is 2. The third-order valence-electron chi connectivity index (χ3n) is 4.37.